The van der Waals surface area contributed by atoms with Gasteiger partial charge in [-0.2, -0.15) is 0 Å². The van der Waals surface area contributed by atoms with E-state index in [2.05, 4.69) is 9.97 Å². The highest BCUT2D eigenvalue weighted by Gasteiger charge is 2.20. The molecule has 1 atom stereocenters. The van der Waals surface area contributed by atoms with Crippen LogP contribution in [-0.2, 0) is 0 Å². The van der Waals surface area contributed by atoms with Crippen LogP contribution in [0.3, 0.4) is 0 Å². The molecule has 0 spiro atoms. The van der Waals surface area contributed by atoms with Crippen molar-refractivity contribution >= 4 is 29.0 Å². The molecule has 0 fully saturated rings. The second kappa shape index (κ2) is 7.35. The zero-order valence-electron chi connectivity index (χ0n) is 13.6. The molecule has 8 heteroatoms. The van der Waals surface area contributed by atoms with Gasteiger partial charge in [-0.15, -0.1) is 0 Å². The average Bonchev–Trinajstić information content (AvgIpc) is 2.61. The van der Waals surface area contributed by atoms with Crippen LogP contribution in [0.4, 0.5) is 10.2 Å². The molecule has 26 heavy (non-hydrogen) atoms. The number of nitrogens with two attached hydrogens (primary N) is 1. The number of halogens is 3. The van der Waals surface area contributed by atoms with Crippen molar-refractivity contribution in [2.45, 2.75) is 13.0 Å². The molecule has 0 saturated carbocycles. The summed E-state index contributed by atoms with van der Waals surface area (Å²) in [5, 5.41) is 0.181. The predicted octanol–water partition coefficient (Wildman–Crippen LogP) is 4.61. The minimum Gasteiger partial charge on any atom is -0.482 e. The quantitative estimate of drug-likeness (QED) is 0.634. The maximum atomic E-state index is 13.7. The lowest BCUT2D eigenvalue weighted by Crippen LogP contribution is -2.08. The Kier molecular flexibility index (Phi) is 5.15. The van der Waals surface area contributed by atoms with E-state index in [1.165, 1.54) is 18.2 Å². The molecule has 0 bridgehead atoms. The van der Waals surface area contributed by atoms with Gasteiger partial charge in [-0.25, -0.2) is 9.37 Å². The molecule has 1 aromatic carbocycles. The van der Waals surface area contributed by atoms with Gasteiger partial charge in [-0.3, -0.25) is 4.79 Å². The highest BCUT2D eigenvalue weighted by atomic mass is 35.5. The topological polar surface area (TPSA) is 81.0 Å². The molecular formula is C18H14Cl2FN3O2. The normalized spacial score (nSPS) is 12.0. The van der Waals surface area contributed by atoms with Crippen LogP contribution in [0.25, 0.3) is 11.1 Å². The lowest BCUT2D eigenvalue weighted by atomic mass is 10.1. The fourth-order valence-electron chi connectivity index (χ4n) is 2.46. The van der Waals surface area contributed by atoms with E-state index in [4.69, 9.17) is 33.7 Å². The minimum atomic E-state index is -0.666. The summed E-state index contributed by atoms with van der Waals surface area (Å²) >= 11 is 12.2. The van der Waals surface area contributed by atoms with E-state index < -0.39 is 11.9 Å². The molecule has 0 radical (unpaired) electrons. The average molecular weight is 394 g/mol. The first kappa shape index (κ1) is 18.2. The van der Waals surface area contributed by atoms with Crippen molar-refractivity contribution in [3.8, 4) is 16.9 Å². The highest BCUT2D eigenvalue weighted by molar-refractivity contribution is 6.36. The van der Waals surface area contributed by atoms with Gasteiger partial charge in [-0.1, -0.05) is 23.2 Å². The summed E-state index contributed by atoms with van der Waals surface area (Å²) < 4.78 is 19.6. The fraction of sp³-hybridized carbons (Fsp3) is 0.111. The van der Waals surface area contributed by atoms with Crippen LogP contribution in [0.2, 0.25) is 10.0 Å². The van der Waals surface area contributed by atoms with Crippen LogP contribution < -0.4 is 16.0 Å². The molecule has 0 aliphatic carbocycles. The van der Waals surface area contributed by atoms with Crippen molar-refractivity contribution in [2.24, 2.45) is 0 Å². The number of hydrogen-bond acceptors (Lipinski definition) is 4. The Bertz CT molecular complexity index is 1000. The molecule has 1 unspecified atom stereocenters. The number of nitrogen functional groups attached to an aromatic ring is 1. The molecule has 3 rings (SSSR count). The lowest BCUT2D eigenvalue weighted by molar-refractivity contribution is 0.227. The number of hydrogen-bond donors (Lipinski definition) is 2. The standard InChI is InChI=1S/C18H14Cl2FN3O2/c1-9(16-12(19)3-4-13(21)17(16)20)26-14-6-11(8-24-18(14)22)10-2-5-15(25)23-7-10/h2-9H,1H3,(H2,22,24)(H,23,25). The molecule has 2 heterocycles. The van der Waals surface area contributed by atoms with E-state index in [0.717, 1.165) is 5.56 Å². The van der Waals surface area contributed by atoms with Crippen LogP contribution >= 0.6 is 23.2 Å². The van der Waals surface area contributed by atoms with E-state index in [0.29, 0.717) is 11.1 Å². The number of benzene rings is 1. The van der Waals surface area contributed by atoms with Gasteiger partial charge in [0.15, 0.2) is 11.6 Å². The van der Waals surface area contributed by atoms with Gasteiger partial charge in [0.2, 0.25) is 5.56 Å². The van der Waals surface area contributed by atoms with Gasteiger partial charge in [0, 0.05) is 34.6 Å². The number of H-pyrrole nitrogens is 1. The number of rotatable bonds is 4. The second-order valence-corrected chi connectivity index (χ2v) is 6.35. The summed E-state index contributed by atoms with van der Waals surface area (Å²) in [6.07, 6.45) is 2.45. The van der Waals surface area contributed by atoms with Gasteiger partial charge in [0.1, 0.15) is 11.9 Å². The Labute approximate surface area is 158 Å². The molecular weight excluding hydrogens is 380 g/mol. The fourth-order valence-corrected chi connectivity index (χ4v) is 3.14. The Hall–Kier alpha value is -2.57. The number of pyridine rings is 2. The number of aromatic nitrogens is 2. The third-order valence-corrected chi connectivity index (χ3v) is 4.50. The monoisotopic (exact) mass is 393 g/mol. The minimum absolute atomic E-state index is 0.103. The molecule has 0 aliphatic rings. The van der Waals surface area contributed by atoms with E-state index in [1.54, 1.807) is 31.5 Å². The second-order valence-electron chi connectivity index (χ2n) is 5.57. The van der Waals surface area contributed by atoms with Gasteiger partial charge in [0.25, 0.3) is 0 Å². The molecule has 3 aromatic rings. The zero-order chi connectivity index (χ0) is 18.8. The first-order valence-corrected chi connectivity index (χ1v) is 8.37. The number of anilines is 1. The van der Waals surface area contributed by atoms with Crippen molar-refractivity contribution < 1.29 is 9.13 Å². The Morgan fingerprint density at radius 3 is 2.69 bits per heavy atom. The summed E-state index contributed by atoms with van der Waals surface area (Å²) in [6, 6.07) is 7.33. The maximum absolute atomic E-state index is 13.7. The van der Waals surface area contributed by atoms with Crippen LogP contribution in [0, 0.1) is 5.82 Å². The number of aromatic amines is 1. The lowest BCUT2D eigenvalue weighted by Gasteiger charge is -2.19. The van der Waals surface area contributed by atoms with Crippen molar-refractivity contribution in [2.75, 3.05) is 5.73 Å². The van der Waals surface area contributed by atoms with E-state index >= 15 is 0 Å². The molecule has 134 valence electrons. The van der Waals surface area contributed by atoms with E-state index in [9.17, 15) is 9.18 Å². The third-order valence-electron chi connectivity index (χ3n) is 3.79. The number of nitrogens with one attached hydrogen (secondary N) is 1. The van der Waals surface area contributed by atoms with Gasteiger partial charge >= 0.3 is 0 Å². The molecule has 5 nitrogen and oxygen atoms in total. The third kappa shape index (κ3) is 3.66. The van der Waals surface area contributed by atoms with Crippen LogP contribution in [0.5, 0.6) is 5.75 Å². The summed E-state index contributed by atoms with van der Waals surface area (Å²) in [5.74, 6) is -0.138. The maximum Gasteiger partial charge on any atom is 0.247 e. The molecule has 0 amide bonds. The SMILES string of the molecule is CC(Oc1cc(-c2ccc(=O)[nH]c2)cnc1N)c1c(Cl)ccc(F)c1Cl. The predicted molar refractivity (Wildman–Crippen MR) is 100 cm³/mol. The van der Waals surface area contributed by atoms with Crippen molar-refractivity contribution in [1.29, 1.82) is 0 Å². The van der Waals surface area contributed by atoms with Crippen LogP contribution in [0.1, 0.15) is 18.6 Å². The Balaban J connectivity index is 1.95. The largest absolute Gasteiger partial charge is 0.482 e. The zero-order valence-corrected chi connectivity index (χ0v) is 15.1. The molecule has 3 N–H and O–H groups in total. The van der Waals surface area contributed by atoms with Crippen LogP contribution in [-0.4, -0.2) is 9.97 Å². The van der Waals surface area contributed by atoms with Gasteiger partial charge < -0.3 is 15.5 Å². The van der Waals surface area contributed by atoms with Gasteiger partial charge in [0.05, 0.1) is 5.02 Å². The Morgan fingerprint density at radius 2 is 2.00 bits per heavy atom. The van der Waals surface area contributed by atoms with Crippen molar-refractivity contribution in [1.82, 2.24) is 9.97 Å². The van der Waals surface area contributed by atoms with Crippen molar-refractivity contribution in [3.05, 3.63) is 74.5 Å². The van der Waals surface area contributed by atoms with E-state index in [-0.39, 0.29) is 27.2 Å². The smallest absolute Gasteiger partial charge is 0.247 e. The molecule has 0 aliphatic heterocycles. The summed E-state index contributed by atoms with van der Waals surface area (Å²) in [7, 11) is 0. The summed E-state index contributed by atoms with van der Waals surface area (Å²) in [4.78, 5) is 17.9. The summed E-state index contributed by atoms with van der Waals surface area (Å²) in [6.45, 7) is 1.68. The first-order chi connectivity index (χ1) is 12.4. The molecule has 2 aromatic heterocycles. The first-order valence-electron chi connectivity index (χ1n) is 7.61. The summed E-state index contributed by atoms with van der Waals surface area (Å²) in [5.41, 5.74) is 7.42. The number of ether oxygens (including phenoxy) is 1. The highest BCUT2D eigenvalue weighted by Crippen LogP contribution is 2.36. The van der Waals surface area contributed by atoms with Crippen LogP contribution in [0.15, 0.2) is 47.5 Å². The molecule has 0 saturated heterocycles. The Morgan fingerprint density at radius 1 is 1.23 bits per heavy atom. The van der Waals surface area contributed by atoms with Gasteiger partial charge in [-0.05, 0) is 36.8 Å². The van der Waals surface area contributed by atoms with Crippen molar-refractivity contribution in [3.63, 3.8) is 0 Å². The number of nitrogens with zero attached hydrogens (tertiary/aromatic N) is 1. The van der Waals surface area contributed by atoms with E-state index in [1.807, 2.05) is 0 Å².